The number of hydrogen-bond acceptors (Lipinski definition) is 4. The Hall–Kier alpha value is -3.30. The maximum absolute atomic E-state index is 13.6. The second kappa shape index (κ2) is 7.39. The van der Waals surface area contributed by atoms with Crippen LogP contribution in [0, 0.1) is 5.92 Å². The predicted octanol–water partition coefficient (Wildman–Crippen LogP) is 5.39. The third kappa shape index (κ3) is 3.34. The molecule has 0 bridgehead atoms. The standard InChI is InChI=1S/C22H23F3N6O/c1-3-4-12-10(2)16-14(27-18(12)13-9-26-30-19(13)22(23,24)25)7-8-15-17(16)20(31-29-15)28-21(32)11-5-6-11/h7-9,11,18,27H,3-6H2,1-2H3,(H,26,30)(H2,28,29,31,32). The van der Waals surface area contributed by atoms with Gasteiger partial charge in [-0.15, -0.1) is 0 Å². The topological polar surface area (TPSA) is 98.5 Å². The van der Waals surface area contributed by atoms with Crippen molar-refractivity contribution in [1.29, 1.82) is 0 Å². The zero-order valence-corrected chi connectivity index (χ0v) is 17.7. The second-order valence-electron chi connectivity index (χ2n) is 8.42. The van der Waals surface area contributed by atoms with E-state index in [1.807, 2.05) is 26.0 Å². The summed E-state index contributed by atoms with van der Waals surface area (Å²) in [4.78, 5) is 12.4. The maximum Gasteiger partial charge on any atom is 0.433 e. The lowest BCUT2D eigenvalue weighted by molar-refractivity contribution is -0.141. The summed E-state index contributed by atoms with van der Waals surface area (Å²) in [7, 11) is 0. The number of H-pyrrole nitrogens is 2. The normalized spacial score (nSPS) is 18.6. The van der Waals surface area contributed by atoms with Crippen molar-refractivity contribution in [2.75, 3.05) is 10.6 Å². The summed E-state index contributed by atoms with van der Waals surface area (Å²) >= 11 is 0. The number of aromatic amines is 2. The first-order valence-electron chi connectivity index (χ1n) is 10.7. The van der Waals surface area contributed by atoms with Gasteiger partial charge in [0.15, 0.2) is 5.82 Å². The third-order valence-electron chi connectivity index (χ3n) is 6.21. The van der Waals surface area contributed by atoms with Crippen molar-refractivity contribution in [3.63, 3.8) is 0 Å². The number of benzene rings is 1. The van der Waals surface area contributed by atoms with Gasteiger partial charge < -0.3 is 10.6 Å². The average molecular weight is 444 g/mol. The fourth-order valence-electron chi connectivity index (χ4n) is 4.51. The SMILES string of the molecule is CCCC1=C(C)c2c(ccc3[nH]nc(NC(=O)C4CC4)c23)NC1c1cn[nH]c1C(F)(F)F. The van der Waals surface area contributed by atoms with Crippen LogP contribution in [0.15, 0.2) is 23.9 Å². The van der Waals surface area contributed by atoms with Crippen LogP contribution < -0.4 is 10.6 Å². The van der Waals surface area contributed by atoms with Crippen LogP contribution >= 0.6 is 0 Å². The smallest absolute Gasteiger partial charge is 0.374 e. The predicted molar refractivity (Wildman–Crippen MR) is 115 cm³/mol. The molecule has 1 fully saturated rings. The minimum Gasteiger partial charge on any atom is -0.374 e. The number of amides is 1. The molecule has 3 aromatic rings. The van der Waals surface area contributed by atoms with Gasteiger partial charge in [0.2, 0.25) is 5.91 Å². The minimum absolute atomic E-state index is 0.0259. The molecule has 1 atom stereocenters. The molecule has 2 aromatic heterocycles. The molecule has 1 aromatic carbocycles. The van der Waals surface area contributed by atoms with Gasteiger partial charge in [0.05, 0.1) is 23.1 Å². The highest BCUT2D eigenvalue weighted by molar-refractivity contribution is 6.09. The van der Waals surface area contributed by atoms with E-state index < -0.39 is 17.9 Å². The molecule has 0 saturated heterocycles. The van der Waals surface area contributed by atoms with Crippen LogP contribution in [0.3, 0.4) is 0 Å². The summed E-state index contributed by atoms with van der Waals surface area (Å²) in [6.07, 6.45) is -0.155. The van der Waals surface area contributed by atoms with Crippen LogP contribution in [0.1, 0.15) is 62.4 Å². The number of hydrogen-bond donors (Lipinski definition) is 4. The van der Waals surface area contributed by atoms with Gasteiger partial charge in [-0.2, -0.15) is 23.4 Å². The molecule has 0 spiro atoms. The van der Waals surface area contributed by atoms with Crippen LogP contribution in [0.5, 0.6) is 0 Å². The summed E-state index contributed by atoms with van der Waals surface area (Å²) < 4.78 is 40.8. The molecule has 10 heteroatoms. The van der Waals surface area contributed by atoms with Crippen LogP contribution in [-0.2, 0) is 11.0 Å². The van der Waals surface area contributed by atoms with Gasteiger partial charge in [-0.3, -0.25) is 15.0 Å². The highest BCUT2D eigenvalue weighted by Gasteiger charge is 2.40. The highest BCUT2D eigenvalue weighted by atomic mass is 19.4. The lowest BCUT2D eigenvalue weighted by Crippen LogP contribution is -2.23. The Morgan fingerprint density at radius 1 is 1.25 bits per heavy atom. The number of nitrogens with one attached hydrogen (secondary N) is 4. The van der Waals surface area contributed by atoms with Crippen LogP contribution in [0.4, 0.5) is 24.7 Å². The van der Waals surface area contributed by atoms with E-state index >= 15 is 0 Å². The molecule has 1 saturated carbocycles. The summed E-state index contributed by atoms with van der Waals surface area (Å²) in [5.41, 5.74) is 3.26. The number of halogens is 3. The number of rotatable bonds is 5. The van der Waals surface area contributed by atoms with Crippen LogP contribution in [-0.4, -0.2) is 26.3 Å². The summed E-state index contributed by atoms with van der Waals surface area (Å²) in [6, 6.07) is 2.98. The number of nitrogens with zero attached hydrogens (tertiary/aromatic N) is 2. The molecule has 7 nitrogen and oxygen atoms in total. The van der Waals surface area contributed by atoms with E-state index in [0.717, 1.165) is 46.9 Å². The lowest BCUT2D eigenvalue weighted by Gasteiger charge is -2.32. The second-order valence-corrected chi connectivity index (χ2v) is 8.42. The van der Waals surface area contributed by atoms with Crippen molar-refractivity contribution in [2.45, 2.75) is 51.7 Å². The number of carbonyl (C=O) groups is 1. The van der Waals surface area contributed by atoms with Crippen LogP contribution in [0.25, 0.3) is 16.5 Å². The van der Waals surface area contributed by atoms with E-state index in [-0.39, 0.29) is 17.4 Å². The summed E-state index contributed by atoms with van der Waals surface area (Å²) in [5.74, 6) is 0.419. The zero-order chi connectivity index (χ0) is 22.6. The van der Waals surface area contributed by atoms with E-state index in [9.17, 15) is 18.0 Å². The number of carbonyl (C=O) groups excluding carboxylic acids is 1. The molecule has 1 unspecified atom stereocenters. The van der Waals surface area contributed by atoms with Crippen molar-refractivity contribution >= 4 is 33.9 Å². The molecule has 1 aliphatic heterocycles. The van der Waals surface area contributed by atoms with E-state index in [1.165, 1.54) is 6.20 Å². The molecule has 168 valence electrons. The molecule has 4 N–H and O–H groups in total. The number of aromatic nitrogens is 4. The number of allylic oxidation sites excluding steroid dienone is 1. The van der Waals surface area contributed by atoms with Gasteiger partial charge in [0, 0.05) is 22.7 Å². The number of fused-ring (bicyclic) bond motifs is 3. The Morgan fingerprint density at radius 3 is 2.72 bits per heavy atom. The van der Waals surface area contributed by atoms with Crippen molar-refractivity contribution in [2.24, 2.45) is 5.92 Å². The fourth-order valence-corrected chi connectivity index (χ4v) is 4.51. The Bertz CT molecular complexity index is 1230. The molecule has 3 heterocycles. The molecular formula is C22H23F3N6O. The quantitative estimate of drug-likeness (QED) is 0.424. The van der Waals surface area contributed by atoms with Gasteiger partial charge >= 0.3 is 6.18 Å². The molecule has 0 radical (unpaired) electrons. The summed E-state index contributed by atoms with van der Waals surface area (Å²) in [6.45, 7) is 3.91. The van der Waals surface area contributed by atoms with E-state index in [4.69, 9.17) is 0 Å². The summed E-state index contributed by atoms with van der Waals surface area (Å²) in [5, 5.41) is 20.0. The molecule has 32 heavy (non-hydrogen) atoms. The average Bonchev–Trinajstić information content (AvgIpc) is 3.34. The van der Waals surface area contributed by atoms with E-state index in [0.29, 0.717) is 17.9 Å². The molecule has 5 rings (SSSR count). The Kier molecular flexibility index (Phi) is 4.75. The molecular weight excluding hydrogens is 421 g/mol. The molecule has 2 aliphatic rings. The van der Waals surface area contributed by atoms with Crippen LogP contribution in [0.2, 0.25) is 0 Å². The van der Waals surface area contributed by atoms with Crippen molar-refractivity contribution in [1.82, 2.24) is 20.4 Å². The van der Waals surface area contributed by atoms with Gasteiger partial charge in [-0.25, -0.2) is 0 Å². The zero-order valence-electron chi connectivity index (χ0n) is 17.7. The molecule has 1 aliphatic carbocycles. The lowest BCUT2D eigenvalue weighted by atomic mass is 9.83. The highest BCUT2D eigenvalue weighted by Crippen LogP contribution is 2.48. The first-order valence-corrected chi connectivity index (χ1v) is 10.7. The van der Waals surface area contributed by atoms with Crippen molar-refractivity contribution in [3.05, 3.63) is 40.7 Å². The van der Waals surface area contributed by atoms with Gasteiger partial charge in [-0.1, -0.05) is 13.3 Å². The Morgan fingerprint density at radius 2 is 2.03 bits per heavy atom. The van der Waals surface area contributed by atoms with Gasteiger partial charge in [0.25, 0.3) is 0 Å². The first-order chi connectivity index (χ1) is 15.3. The van der Waals surface area contributed by atoms with Gasteiger partial charge in [-0.05, 0) is 49.5 Å². The van der Waals surface area contributed by atoms with E-state index in [2.05, 4.69) is 31.0 Å². The van der Waals surface area contributed by atoms with Crippen molar-refractivity contribution < 1.29 is 18.0 Å². The number of alkyl halides is 3. The third-order valence-corrected chi connectivity index (χ3v) is 6.21. The minimum atomic E-state index is -4.53. The Balaban J connectivity index is 1.65. The van der Waals surface area contributed by atoms with Crippen molar-refractivity contribution in [3.8, 4) is 0 Å². The first kappa shape index (κ1) is 20.6. The molecule has 1 amide bonds. The van der Waals surface area contributed by atoms with Gasteiger partial charge in [0.1, 0.15) is 5.69 Å². The largest absolute Gasteiger partial charge is 0.433 e. The fraction of sp³-hybridized carbons (Fsp3) is 0.409. The van der Waals surface area contributed by atoms with E-state index in [1.54, 1.807) is 0 Å². The number of anilines is 2. The maximum atomic E-state index is 13.6. The Labute approximate surface area is 181 Å². The monoisotopic (exact) mass is 444 g/mol.